The molecule has 2 aromatic rings. The van der Waals surface area contributed by atoms with Crippen LogP contribution < -0.4 is 9.47 Å². The molecule has 0 bridgehead atoms. The molecule has 1 N–H and O–H groups in total. The molecular formula is C16H19F3N2O3S. The molecule has 0 amide bonds. The van der Waals surface area contributed by atoms with Gasteiger partial charge in [-0.05, 0) is 38.3 Å². The van der Waals surface area contributed by atoms with Gasteiger partial charge < -0.3 is 14.6 Å². The Hall–Kier alpha value is -2.00. The van der Waals surface area contributed by atoms with Crippen molar-refractivity contribution in [2.24, 2.45) is 0 Å². The topological polar surface area (TPSA) is 64.5 Å². The van der Waals surface area contributed by atoms with Crippen molar-refractivity contribution in [1.29, 1.82) is 0 Å². The molecule has 0 aliphatic rings. The number of halogens is 3. The molecule has 9 heteroatoms. The summed E-state index contributed by atoms with van der Waals surface area (Å²) in [5.41, 5.74) is -0.783. The highest BCUT2D eigenvalue weighted by Gasteiger charge is 2.30. The number of alkyl halides is 3. The summed E-state index contributed by atoms with van der Waals surface area (Å²) in [4.78, 5) is 8.20. The molecule has 0 spiro atoms. The number of thioether (sulfide) groups is 1. The van der Waals surface area contributed by atoms with Crippen molar-refractivity contribution in [2.75, 3.05) is 19.5 Å². The molecule has 2 rings (SSSR count). The fourth-order valence-corrected chi connectivity index (χ4v) is 1.97. The van der Waals surface area contributed by atoms with Gasteiger partial charge in [0.2, 0.25) is 11.8 Å². The minimum atomic E-state index is -4.42. The van der Waals surface area contributed by atoms with Crippen LogP contribution in [0.5, 0.6) is 17.5 Å². The molecule has 0 saturated carbocycles. The largest absolute Gasteiger partial charge is 0.478 e. The highest BCUT2D eigenvalue weighted by Crippen LogP contribution is 2.33. The Morgan fingerprint density at radius 2 is 1.76 bits per heavy atom. The lowest BCUT2D eigenvalue weighted by Gasteiger charge is -2.11. The summed E-state index contributed by atoms with van der Waals surface area (Å²) in [5, 5.41) is 7.98. The van der Waals surface area contributed by atoms with Crippen LogP contribution >= 0.6 is 11.8 Å². The first-order valence-corrected chi connectivity index (χ1v) is 8.58. The lowest BCUT2D eigenvalue weighted by Crippen LogP contribution is -2.04. The zero-order valence-corrected chi connectivity index (χ0v) is 14.8. The van der Waals surface area contributed by atoms with Gasteiger partial charge in [-0.25, -0.2) is 0 Å². The van der Waals surface area contributed by atoms with Gasteiger partial charge in [0.15, 0.2) is 5.16 Å². The quantitative estimate of drug-likeness (QED) is 0.616. The van der Waals surface area contributed by atoms with E-state index in [2.05, 4.69) is 9.97 Å². The van der Waals surface area contributed by atoms with Gasteiger partial charge >= 0.3 is 6.18 Å². The second-order valence-electron chi connectivity index (χ2n) is 4.41. The van der Waals surface area contributed by atoms with Crippen LogP contribution in [-0.2, 0) is 6.18 Å². The number of benzene rings is 1. The van der Waals surface area contributed by atoms with Gasteiger partial charge in [0.1, 0.15) is 5.75 Å². The van der Waals surface area contributed by atoms with E-state index >= 15 is 0 Å². The number of hydrogen-bond acceptors (Lipinski definition) is 6. The second-order valence-corrected chi connectivity index (χ2v) is 5.18. The first-order valence-electron chi connectivity index (χ1n) is 7.35. The lowest BCUT2D eigenvalue weighted by atomic mass is 10.2. The number of hydrogen-bond donors (Lipinski definition) is 1. The van der Waals surface area contributed by atoms with Gasteiger partial charge in [-0.15, -0.1) is 0 Å². The molecular weight excluding hydrogens is 357 g/mol. The van der Waals surface area contributed by atoms with E-state index in [9.17, 15) is 13.2 Å². The summed E-state index contributed by atoms with van der Waals surface area (Å²) in [6.45, 7) is 4.14. The molecule has 1 heterocycles. The predicted molar refractivity (Wildman–Crippen MR) is 89.3 cm³/mol. The maximum absolute atomic E-state index is 12.7. The van der Waals surface area contributed by atoms with Crippen molar-refractivity contribution in [3.63, 3.8) is 0 Å². The van der Waals surface area contributed by atoms with Gasteiger partial charge in [-0.2, -0.15) is 23.1 Å². The molecule has 0 unspecified atom stereocenters. The van der Waals surface area contributed by atoms with E-state index < -0.39 is 11.7 Å². The number of aromatic nitrogens is 2. The highest BCUT2D eigenvalue weighted by atomic mass is 32.2. The Balaban J connectivity index is 0.000000970. The number of ether oxygens (including phenoxy) is 2. The van der Waals surface area contributed by atoms with E-state index in [1.165, 1.54) is 30.0 Å². The second kappa shape index (κ2) is 10.1. The zero-order valence-electron chi connectivity index (χ0n) is 14.0. The van der Waals surface area contributed by atoms with Gasteiger partial charge in [-0.1, -0.05) is 17.8 Å². The Bertz CT molecular complexity index is 669. The fourth-order valence-electron chi connectivity index (χ4n) is 1.61. The first kappa shape index (κ1) is 21.0. The summed E-state index contributed by atoms with van der Waals surface area (Å²) >= 11 is 1.28. The van der Waals surface area contributed by atoms with Crippen LogP contribution in [-0.4, -0.2) is 34.5 Å². The Morgan fingerprint density at radius 1 is 1.12 bits per heavy atom. The number of nitrogens with zero attached hydrogens (tertiary/aromatic N) is 2. The molecule has 0 radical (unpaired) electrons. The van der Waals surface area contributed by atoms with Crippen molar-refractivity contribution in [3.8, 4) is 17.5 Å². The molecule has 25 heavy (non-hydrogen) atoms. The van der Waals surface area contributed by atoms with E-state index in [1.54, 1.807) is 20.1 Å². The monoisotopic (exact) mass is 376 g/mol. The number of aliphatic hydroxyl groups excluding tert-OH is 1. The Morgan fingerprint density at radius 3 is 2.32 bits per heavy atom. The molecule has 1 aromatic carbocycles. The molecule has 1 aromatic heterocycles. The van der Waals surface area contributed by atoms with Gasteiger partial charge in [0.25, 0.3) is 0 Å². The number of aliphatic hydroxyl groups is 1. The summed E-state index contributed by atoms with van der Waals surface area (Å²) in [5.74, 6) is 0.481. The molecule has 138 valence electrons. The van der Waals surface area contributed by atoms with Crippen molar-refractivity contribution in [1.82, 2.24) is 9.97 Å². The summed E-state index contributed by atoms with van der Waals surface area (Å²) in [6.07, 6.45) is -2.65. The lowest BCUT2D eigenvalue weighted by molar-refractivity contribution is -0.137. The summed E-state index contributed by atoms with van der Waals surface area (Å²) < 4.78 is 48.7. The third-order valence-electron chi connectivity index (χ3n) is 2.52. The molecule has 5 nitrogen and oxygen atoms in total. The van der Waals surface area contributed by atoms with Crippen LogP contribution in [0.25, 0.3) is 0 Å². The standard InChI is InChI=1S/C14H13F3N2O2S.C2H6O/c1-3-20-11-8-12(19-13(18-11)22-2)21-10-6-4-5-9(7-10)14(15,16)17;1-2-3/h4-8H,3H2,1-2H3;3H,2H2,1H3. The van der Waals surface area contributed by atoms with Crippen LogP contribution in [0.4, 0.5) is 13.2 Å². The first-order chi connectivity index (χ1) is 11.8. The molecule has 0 aliphatic carbocycles. The van der Waals surface area contributed by atoms with Crippen LogP contribution in [0.3, 0.4) is 0 Å². The maximum atomic E-state index is 12.7. The van der Waals surface area contributed by atoms with E-state index in [1.807, 2.05) is 0 Å². The Labute approximate surface area is 148 Å². The van der Waals surface area contributed by atoms with Crippen LogP contribution in [0.1, 0.15) is 19.4 Å². The van der Waals surface area contributed by atoms with Crippen molar-refractivity contribution >= 4 is 11.8 Å². The fraction of sp³-hybridized carbons (Fsp3) is 0.375. The molecule has 0 saturated heterocycles. The average Bonchev–Trinajstić information content (AvgIpc) is 2.55. The van der Waals surface area contributed by atoms with Crippen LogP contribution in [0, 0.1) is 0 Å². The third kappa shape index (κ3) is 7.18. The molecule has 0 fully saturated rings. The maximum Gasteiger partial charge on any atom is 0.416 e. The average molecular weight is 376 g/mol. The van der Waals surface area contributed by atoms with Crippen molar-refractivity contribution in [3.05, 3.63) is 35.9 Å². The molecule has 0 aliphatic heterocycles. The SMILES string of the molecule is CCO.CCOc1cc(Oc2cccc(C(F)(F)F)c2)nc(SC)n1. The van der Waals surface area contributed by atoms with Crippen molar-refractivity contribution < 1.29 is 27.8 Å². The molecule has 0 atom stereocenters. The minimum absolute atomic E-state index is 0.0445. The summed E-state index contributed by atoms with van der Waals surface area (Å²) in [6, 6.07) is 6.03. The van der Waals surface area contributed by atoms with E-state index in [-0.39, 0.29) is 18.2 Å². The van der Waals surface area contributed by atoms with Gasteiger partial charge in [0, 0.05) is 6.61 Å². The van der Waals surface area contributed by atoms with E-state index in [0.29, 0.717) is 17.6 Å². The van der Waals surface area contributed by atoms with Crippen LogP contribution in [0.15, 0.2) is 35.5 Å². The van der Waals surface area contributed by atoms with Gasteiger partial charge in [0.05, 0.1) is 18.2 Å². The van der Waals surface area contributed by atoms with E-state index in [4.69, 9.17) is 14.6 Å². The van der Waals surface area contributed by atoms with Crippen LogP contribution in [0.2, 0.25) is 0 Å². The zero-order chi connectivity index (χ0) is 18.9. The summed E-state index contributed by atoms with van der Waals surface area (Å²) in [7, 11) is 0. The predicted octanol–water partition coefficient (Wildman–Crippen LogP) is 4.41. The smallest absolute Gasteiger partial charge is 0.416 e. The minimum Gasteiger partial charge on any atom is -0.478 e. The van der Waals surface area contributed by atoms with E-state index in [0.717, 1.165) is 12.1 Å². The Kier molecular flexibility index (Phi) is 8.50. The van der Waals surface area contributed by atoms with Gasteiger partial charge in [-0.3, -0.25) is 0 Å². The number of rotatable bonds is 5. The highest BCUT2D eigenvalue weighted by molar-refractivity contribution is 7.98. The third-order valence-corrected chi connectivity index (χ3v) is 3.06. The van der Waals surface area contributed by atoms with Crippen molar-refractivity contribution in [2.45, 2.75) is 25.2 Å². The normalized spacial score (nSPS) is 10.7.